The number of halogens is 2. The molecule has 1 N–H and O–H groups in total. The number of aromatic nitrogens is 1. The summed E-state index contributed by atoms with van der Waals surface area (Å²) in [6.45, 7) is 2.32. The van der Waals surface area contributed by atoms with Crippen LogP contribution in [0.1, 0.15) is 29.6 Å². The fourth-order valence-electron chi connectivity index (χ4n) is 1.32. The molecule has 0 spiro atoms. The van der Waals surface area contributed by atoms with Crippen molar-refractivity contribution in [3.05, 3.63) is 17.5 Å². The first-order valence-electron chi connectivity index (χ1n) is 5.49. The van der Waals surface area contributed by atoms with Crippen LogP contribution in [0.2, 0.25) is 0 Å². The van der Waals surface area contributed by atoms with Gasteiger partial charge in [0.1, 0.15) is 6.61 Å². The summed E-state index contributed by atoms with van der Waals surface area (Å²) in [4.78, 5) is 12.0. The van der Waals surface area contributed by atoms with E-state index < -0.39 is 0 Å². The molecule has 0 atom stereocenters. The lowest BCUT2D eigenvalue weighted by Crippen LogP contribution is -2.51. The Morgan fingerprint density at radius 1 is 1.56 bits per heavy atom. The van der Waals surface area contributed by atoms with E-state index in [1.807, 2.05) is 6.92 Å². The van der Waals surface area contributed by atoms with Crippen LogP contribution in [0.15, 0.2) is 10.6 Å². The Morgan fingerprint density at radius 3 is 2.72 bits per heavy atom. The minimum absolute atomic E-state index is 0.248. The molecule has 0 aliphatic carbocycles. The molecule has 1 aromatic heterocycles. The van der Waals surface area contributed by atoms with Crippen LogP contribution in [0.25, 0.3) is 0 Å². The molecule has 102 valence electrons. The molecule has 1 rings (SSSR count). The SMILES string of the molecule is CCC(CBr)(CBr)NC(=O)c1cc(COC)on1. The van der Waals surface area contributed by atoms with Crippen molar-refractivity contribution in [2.45, 2.75) is 25.5 Å². The lowest BCUT2D eigenvalue weighted by atomic mass is 10.0. The second-order valence-corrected chi connectivity index (χ2v) is 5.09. The molecular formula is C11H16Br2N2O3. The van der Waals surface area contributed by atoms with Crippen molar-refractivity contribution in [3.63, 3.8) is 0 Å². The predicted octanol–water partition coefficient (Wildman–Crippen LogP) is 2.49. The molecule has 0 saturated carbocycles. The van der Waals surface area contributed by atoms with E-state index in [0.717, 1.165) is 6.42 Å². The maximum atomic E-state index is 12.0. The van der Waals surface area contributed by atoms with Crippen molar-refractivity contribution in [2.24, 2.45) is 0 Å². The van der Waals surface area contributed by atoms with Gasteiger partial charge in [-0.05, 0) is 6.42 Å². The van der Waals surface area contributed by atoms with Crippen LogP contribution in [0.5, 0.6) is 0 Å². The first-order chi connectivity index (χ1) is 8.60. The summed E-state index contributed by atoms with van der Waals surface area (Å²) >= 11 is 6.83. The summed E-state index contributed by atoms with van der Waals surface area (Å²) in [5.41, 5.74) is -0.0564. The minimum Gasteiger partial charge on any atom is -0.377 e. The van der Waals surface area contributed by atoms with Crippen LogP contribution in [0, 0.1) is 0 Å². The number of amides is 1. The van der Waals surface area contributed by atoms with Crippen LogP contribution < -0.4 is 5.32 Å². The van der Waals surface area contributed by atoms with Crippen molar-refractivity contribution in [1.29, 1.82) is 0 Å². The van der Waals surface area contributed by atoms with Gasteiger partial charge in [-0.25, -0.2) is 0 Å². The summed E-state index contributed by atoms with van der Waals surface area (Å²) in [5.74, 6) is 0.282. The van der Waals surface area contributed by atoms with Gasteiger partial charge in [-0.3, -0.25) is 4.79 Å². The number of carbonyl (C=O) groups is 1. The highest BCUT2D eigenvalue weighted by molar-refractivity contribution is 9.09. The maximum Gasteiger partial charge on any atom is 0.273 e. The maximum absolute atomic E-state index is 12.0. The number of carbonyl (C=O) groups excluding carboxylic acids is 1. The molecule has 0 aliphatic rings. The van der Waals surface area contributed by atoms with Crippen molar-refractivity contribution < 1.29 is 14.1 Å². The van der Waals surface area contributed by atoms with Gasteiger partial charge < -0.3 is 14.6 Å². The Labute approximate surface area is 123 Å². The fourth-order valence-corrected chi connectivity index (χ4v) is 3.32. The minimum atomic E-state index is -0.322. The van der Waals surface area contributed by atoms with Crippen LogP contribution in [0.3, 0.4) is 0 Å². The largest absolute Gasteiger partial charge is 0.377 e. The Bertz CT molecular complexity index is 383. The van der Waals surface area contributed by atoms with Crippen molar-refractivity contribution >= 4 is 37.8 Å². The van der Waals surface area contributed by atoms with Crippen molar-refractivity contribution in [3.8, 4) is 0 Å². The summed E-state index contributed by atoms with van der Waals surface area (Å²) in [5, 5.41) is 8.01. The fraction of sp³-hybridized carbons (Fsp3) is 0.636. The van der Waals surface area contributed by atoms with E-state index in [4.69, 9.17) is 9.26 Å². The van der Waals surface area contributed by atoms with E-state index in [1.165, 1.54) is 0 Å². The van der Waals surface area contributed by atoms with Gasteiger partial charge in [0.15, 0.2) is 11.5 Å². The Hall–Kier alpha value is -0.400. The normalized spacial score (nSPS) is 11.6. The van der Waals surface area contributed by atoms with Crippen LogP contribution in [0.4, 0.5) is 0 Å². The smallest absolute Gasteiger partial charge is 0.273 e. The predicted molar refractivity (Wildman–Crippen MR) is 75.3 cm³/mol. The lowest BCUT2D eigenvalue weighted by Gasteiger charge is -2.29. The summed E-state index contributed by atoms with van der Waals surface area (Å²) in [6, 6.07) is 1.59. The van der Waals surface area contributed by atoms with E-state index in [2.05, 4.69) is 42.3 Å². The lowest BCUT2D eigenvalue weighted by molar-refractivity contribution is 0.0905. The van der Waals surface area contributed by atoms with Gasteiger partial charge in [-0.15, -0.1) is 0 Å². The Kier molecular flexibility index (Phi) is 6.31. The topological polar surface area (TPSA) is 64.4 Å². The third-order valence-electron chi connectivity index (χ3n) is 2.65. The highest BCUT2D eigenvalue weighted by atomic mass is 79.9. The quantitative estimate of drug-likeness (QED) is 0.734. The van der Waals surface area contributed by atoms with Crippen molar-refractivity contribution in [1.82, 2.24) is 10.5 Å². The number of alkyl halides is 2. The van der Waals surface area contributed by atoms with E-state index in [1.54, 1.807) is 13.2 Å². The molecule has 5 nitrogen and oxygen atoms in total. The van der Waals surface area contributed by atoms with Crippen LogP contribution in [-0.4, -0.2) is 34.4 Å². The second kappa shape index (κ2) is 7.25. The third kappa shape index (κ3) is 3.80. The first-order valence-corrected chi connectivity index (χ1v) is 7.74. The molecule has 0 radical (unpaired) electrons. The van der Waals surface area contributed by atoms with E-state index in [0.29, 0.717) is 23.0 Å². The van der Waals surface area contributed by atoms with Gasteiger partial charge in [-0.1, -0.05) is 43.9 Å². The molecule has 1 heterocycles. The zero-order chi connectivity index (χ0) is 13.6. The van der Waals surface area contributed by atoms with Crippen LogP contribution >= 0.6 is 31.9 Å². The van der Waals surface area contributed by atoms with Gasteiger partial charge in [0.2, 0.25) is 0 Å². The number of hydrogen-bond donors (Lipinski definition) is 1. The molecule has 0 bridgehead atoms. The van der Waals surface area contributed by atoms with Gasteiger partial charge in [-0.2, -0.15) is 0 Å². The Morgan fingerprint density at radius 2 is 2.22 bits per heavy atom. The molecule has 0 fully saturated rings. The number of ether oxygens (including phenoxy) is 1. The first kappa shape index (κ1) is 15.7. The molecule has 0 unspecified atom stereocenters. The van der Waals surface area contributed by atoms with Gasteiger partial charge in [0.25, 0.3) is 5.91 Å². The number of rotatable bonds is 7. The highest BCUT2D eigenvalue weighted by Crippen LogP contribution is 2.18. The van der Waals surface area contributed by atoms with Crippen molar-refractivity contribution in [2.75, 3.05) is 17.8 Å². The molecule has 0 aliphatic heterocycles. The average molecular weight is 384 g/mol. The molecule has 1 amide bonds. The van der Waals surface area contributed by atoms with E-state index >= 15 is 0 Å². The Balaban J connectivity index is 2.74. The van der Waals surface area contributed by atoms with E-state index in [9.17, 15) is 4.79 Å². The molecule has 18 heavy (non-hydrogen) atoms. The summed E-state index contributed by atoms with van der Waals surface area (Å²) < 4.78 is 9.89. The number of hydrogen-bond acceptors (Lipinski definition) is 4. The van der Waals surface area contributed by atoms with Gasteiger partial charge in [0, 0.05) is 23.8 Å². The second-order valence-electron chi connectivity index (χ2n) is 3.97. The summed E-state index contributed by atoms with van der Waals surface area (Å²) in [6.07, 6.45) is 0.804. The average Bonchev–Trinajstić information content (AvgIpc) is 2.85. The molecule has 7 heteroatoms. The summed E-state index contributed by atoms with van der Waals surface area (Å²) in [7, 11) is 1.56. The zero-order valence-corrected chi connectivity index (χ0v) is 13.5. The number of methoxy groups -OCH3 is 1. The monoisotopic (exact) mass is 382 g/mol. The number of nitrogens with zero attached hydrogens (tertiary/aromatic N) is 1. The molecule has 0 saturated heterocycles. The number of nitrogens with one attached hydrogen (secondary N) is 1. The standard InChI is InChI=1S/C11H16Br2N2O3/c1-3-11(6-12,7-13)14-10(16)9-4-8(5-17-2)18-15-9/h4H,3,5-7H2,1-2H3,(H,14,16). The van der Waals surface area contributed by atoms with Gasteiger partial charge >= 0.3 is 0 Å². The molecular weight excluding hydrogens is 368 g/mol. The molecule has 0 aromatic carbocycles. The zero-order valence-electron chi connectivity index (χ0n) is 10.3. The van der Waals surface area contributed by atoms with Gasteiger partial charge in [0.05, 0.1) is 5.54 Å². The third-order valence-corrected chi connectivity index (χ3v) is 4.79. The van der Waals surface area contributed by atoms with E-state index in [-0.39, 0.29) is 17.1 Å². The highest BCUT2D eigenvalue weighted by Gasteiger charge is 2.29. The molecule has 1 aromatic rings. The van der Waals surface area contributed by atoms with Crippen LogP contribution in [-0.2, 0) is 11.3 Å².